The summed E-state index contributed by atoms with van der Waals surface area (Å²) in [5, 5.41) is 8.29. The molecule has 0 fully saturated rings. The van der Waals surface area contributed by atoms with E-state index in [9.17, 15) is 0 Å². The van der Waals surface area contributed by atoms with Gasteiger partial charge in [-0.1, -0.05) is 13.8 Å². The lowest BCUT2D eigenvalue weighted by molar-refractivity contribution is 0.688. The fourth-order valence-corrected chi connectivity index (χ4v) is 2.32. The van der Waals surface area contributed by atoms with Crippen LogP contribution in [0.1, 0.15) is 13.8 Å². The molecule has 0 radical (unpaired) electrons. The summed E-state index contributed by atoms with van der Waals surface area (Å²) in [5.74, 6) is 1.45. The minimum absolute atomic E-state index is 0.624. The minimum Gasteiger partial charge on any atom is -0.360 e. The Kier molecular flexibility index (Phi) is 3.33. The molecular weight excluding hydrogens is 226 g/mol. The third kappa shape index (κ3) is 2.76. The zero-order valence-corrected chi connectivity index (χ0v) is 10.4. The molecule has 2 heterocycles. The predicted molar refractivity (Wildman–Crippen MR) is 66.5 cm³/mol. The fourth-order valence-electron chi connectivity index (χ4n) is 1.10. The molecule has 0 bridgehead atoms. The summed E-state index contributed by atoms with van der Waals surface area (Å²) in [6, 6.07) is 2.04. The Morgan fingerprint density at radius 1 is 1.47 bits per heavy atom. The van der Waals surface area contributed by atoms with E-state index in [1.54, 1.807) is 11.3 Å². The molecule has 5 heteroatoms. The third-order valence-corrected chi connectivity index (χ3v) is 3.22. The molecule has 0 amide bonds. The van der Waals surface area contributed by atoms with Crippen molar-refractivity contribution in [1.82, 2.24) is 9.36 Å². The number of thiophene rings is 1. The molecule has 0 saturated heterocycles. The van der Waals surface area contributed by atoms with E-state index in [0.717, 1.165) is 23.1 Å². The van der Waals surface area contributed by atoms with Crippen LogP contribution in [0.4, 0.5) is 5.13 Å². The lowest BCUT2D eigenvalue weighted by Gasteiger charge is -2.03. The van der Waals surface area contributed by atoms with Crippen molar-refractivity contribution in [3.05, 3.63) is 16.8 Å². The van der Waals surface area contributed by atoms with Gasteiger partial charge in [-0.2, -0.15) is 20.7 Å². The van der Waals surface area contributed by atoms with Gasteiger partial charge in [-0.05, 0) is 17.4 Å². The summed E-state index contributed by atoms with van der Waals surface area (Å²) in [4.78, 5) is 4.43. The highest BCUT2D eigenvalue weighted by atomic mass is 32.1. The van der Waals surface area contributed by atoms with Crippen LogP contribution in [0.15, 0.2) is 16.8 Å². The van der Waals surface area contributed by atoms with Gasteiger partial charge in [0.2, 0.25) is 5.13 Å². The Balaban J connectivity index is 2.04. The molecule has 0 aromatic carbocycles. The van der Waals surface area contributed by atoms with Gasteiger partial charge in [0.25, 0.3) is 0 Å². The summed E-state index contributed by atoms with van der Waals surface area (Å²) in [5.41, 5.74) is 1.11. The van der Waals surface area contributed by atoms with E-state index in [1.165, 1.54) is 11.5 Å². The molecule has 2 aromatic heterocycles. The smallest absolute Gasteiger partial charge is 0.202 e. The molecule has 0 aliphatic rings. The molecule has 1 N–H and O–H groups in total. The van der Waals surface area contributed by atoms with Crippen LogP contribution in [0.2, 0.25) is 0 Å². The average molecular weight is 239 g/mol. The molecule has 0 spiro atoms. The molecule has 0 aliphatic carbocycles. The van der Waals surface area contributed by atoms with Gasteiger partial charge in [-0.3, -0.25) is 0 Å². The molecule has 0 unspecified atom stereocenters. The normalized spacial score (nSPS) is 10.9. The maximum absolute atomic E-state index is 4.43. The van der Waals surface area contributed by atoms with Gasteiger partial charge in [0.1, 0.15) is 0 Å². The van der Waals surface area contributed by atoms with E-state index in [4.69, 9.17) is 0 Å². The standard InChI is InChI=1S/C10H13N3S2/c1-7(2)5-11-10-12-9(13-15-10)8-3-4-14-6-8/h3-4,6-7H,5H2,1-2H3,(H,11,12,13). The summed E-state index contributed by atoms with van der Waals surface area (Å²) in [7, 11) is 0. The quantitative estimate of drug-likeness (QED) is 0.889. The molecule has 15 heavy (non-hydrogen) atoms. The van der Waals surface area contributed by atoms with Crippen LogP contribution in [0.25, 0.3) is 11.4 Å². The largest absolute Gasteiger partial charge is 0.360 e. The lowest BCUT2D eigenvalue weighted by atomic mass is 10.2. The van der Waals surface area contributed by atoms with Crippen molar-refractivity contribution in [2.45, 2.75) is 13.8 Å². The van der Waals surface area contributed by atoms with E-state index in [0.29, 0.717) is 5.92 Å². The summed E-state index contributed by atoms with van der Waals surface area (Å²) >= 11 is 3.09. The molecule has 2 rings (SSSR count). The first-order valence-corrected chi connectivity index (χ1v) is 6.57. The second-order valence-corrected chi connectivity index (χ2v) is 5.24. The zero-order chi connectivity index (χ0) is 10.7. The van der Waals surface area contributed by atoms with Gasteiger partial charge in [0, 0.05) is 29.0 Å². The Labute approximate surface area is 97.4 Å². The fraction of sp³-hybridized carbons (Fsp3) is 0.400. The van der Waals surface area contributed by atoms with E-state index in [-0.39, 0.29) is 0 Å². The first kappa shape index (κ1) is 10.6. The van der Waals surface area contributed by atoms with Crippen LogP contribution in [0, 0.1) is 5.92 Å². The summed E-state index contributed by atoms with van der Waals surface area (Å²) in [6.45, 7) is 5.29. The maximum atomic E-state index is 4.43. The van der Waals surface area contributed by atoms with Gasteiger partial charge in [0.05, 0.1) is 0 Å². The topological polar surface area (TPSA) is 37.8 Å². The molecule has 80 valence electrons. The van der Waals surface area contributed by atoms with Crippen molar-refractivity contribution in [2.24, 2.45) is 5.92 Å². The maximum Gasteiger partial charge on any atom is 0.202 e. The zero-order valence-electron chi connectivity index (χ0n) is 8.73. The van der Waals surface area contributed by atoms with E-state index in [1.807, 2.05) is 11.4 Å². The lowest BCUT2D eigenvalue weighted by Crippen LogP contribution is -2.07. The Morgan fingerprint density at radius 3 is 3.00 bits per heavy atom. The van der Waals surface area contributed by atoms with Crippen molar-refractivity contribution < 1.29 is 0 Å². The van der Waals surface area contributed by atoms with Crippen molar-refractivity contribution in [1.29, 1.82) is 0 Å². The second kappa shape index (κ2) is 4.72. The van der Waals surface area contributed by atoms with Crippen LogP contribution < -0.4 is 5.32 Å². The van der Waals surface area contributed by atoms with Crippen molar-refractivity contribution >= 4 is 28.0 Å². The number of hydrogen-bond acceptors (Lipinski definition) is 5. The first-order valence-electron chi connectivity index (χ1n) is 4.86. The van der Waals surface area contributed by atoms with E-state index >= 15 is 0 Å². The van der Waals surface area contributed by atoms with Gasteiger partial charge < -0.3 is 5.32 Å². The predicted octanol–water partition coefficient (Wildman–Crippen LogP) is 3.33. The molecule has 2 aromatic rings. The monoisotopic (exact) mass is 239 g/mol. The molecule has 0 saturated carbocycles. The average Bonchev–Trinajstić information content (AvgIpc) is 2.85. The molecule has 3 nitrogen and oxygen atoms in total. The van der Waals surface area contributed by atoms with E-state index in [2.05, 4.69) is 33.9 Å². The van der Waals surface area contributed by atoms with Gasteiger partial charge in [-0.25, -0.2) is 0 Å². The van der Waals surface area contributed by atoms with Gasteiger partial charge >= 0.3 is 0 Å². The minimum atomic E-state index is 0.624. The summed E-state index contributed by atoms with van der Waals surface area (Å²) < 4.78 is 4.31. The SMILES string of the molecule is CC(C)CNc1nc(-c2ccsc2)ns1. The van der Waals surface area contributed by atoms with Crippen molar-refractivity contribution in [2.75, 3.05) is 11.9 Å². The Hall–Kier alpha value is -0.940. The molecule has 0 aliphatic heterocycles. The highest BCUT2D eigenvalue weighted by Crippen LogP contribution is 2.22. The van der Waals surface area contributed by atoms with Crippen LogP contribution in [-0.2, 0) is 0 Å². The van der Waals surface area contributed by atoms with Crippen molar-refractivity contribution in [3.63, 3.8) is 0 Å². The number of rotatable bonds is 4. The number of nitrogens with one attached hydrogen (secondary N) is 1. The van der Waals surface area contributed by atoms with Crippen LogP contribution in [0.3, 0.4) is 0 Å². The van der Waals surface area contributed by atoms with Crippen LogP contribution >= 0.6 is 22.9 Å². The molecular formula is C10H13N3S2. The second-order valence-electron chi connectivity index (χ2n) is 3.71. The van der Waals surface area contributed by atoms with Gasteiger partial charge in [-0.15, -0.1) is 0 Å². The highest BCUT2D eigenvalue weighted by Gasteiger charge is 2.06. The van der Waals surface area contributed by atoms with Crippen LogP contribution in [-0.4, -0.2) is 15.9 Å². The molecule has 0 atom stereocenters. The Bertz CT molecular complexity index is 406. The van der Waals surface area contributed by atoms with E-state index < -0.39 is 0 Å². The highest BCUT2D eigenvalue weighted by molar-refractivity contribution is 7.10. The Morgan fingerprint density at radius 2 is 2.33 bits per heavy atom. The third-order valence-electron chi connectivity index (χ3n) is 1.87. The van der Waals surface area contributed by atoms with Crippen molar-refractivity contribution in [3.8, 4) is 11.4 Å². The van der Waals surface area contributed by atoms with Gasteiger partial charge in [0.15, 0.2) is 5.82 Å². The summed E-state index contributed by atoms with van der Waals surface area (Å²) in [6.07, 6.45) is 0. The van der Waals surface area contributed by atoms with Crippen LogP contribution in [0.5, 0.6) is 0 Å². The number of aromatic nitrogens is 2. The first-order chi connectivity index (χ1) is 7.25. The number of nitrogens with zero attached hydrogens (tertiary/aromatic N) is 2. The number of anilines is 1. The number of hydrogen-bond donors (Lipinski definition) is 1.